The largest absolute Gasteiger partial charge is 0.497 e. The summed E-state index contributed by atoms with van der Waals surface area (Å²) in [5, 5.41) is 6.45. The van der Waals surface area contributed by atoms with Gasteiger partial charge in [0.2, 0.25) is 11.8 Å². The molecule has 166 valence electrons. The van der Waals surface area contributed by atoms with Gasteiger partial charge in [-0.3, -0.25) is 14.5 Å². The monoisotopic (exact) mass is 445 g/mol. The predicted octanol–water partition coefficient (Wildman–Crippen LogP) is 2.41. The van der Waals surface area contributed by atoms with Crippen molar-refractivity contribution < 1.29 is 19.1 Å². The molecule has 8 heteroatoms. The molecule has 0 saturated carbocycles. The van der Waals surface area contributed by atoms with Crippen molar-refractivity contribution in [2.45, 2.75) is 25.4 Å². The van der Waals surface area contributed by atoms with Crippen LogP contribution in [0.15, 0.2) is 42.5 Å². The molecule has 3 rings (SSSR count). The first kappa shape index (κ1) is 22.9. The van der Waals surface area contributed by atoms with E-state index >= 15 is 0 Å². The van der Waals surface area contributed by atoms with Gasteiger partial charge in [-0.25, -0.2) is 0 Å². The number of rotatable bonds is 9. The van der Waals surface area contributed by atoms with Gasteiger partial charge in [0.25, 0.3) is 0 Å². The molecule has 2 aromatic carbocycles. The second kappa shape index (κ2) is 11.0. The Bertz CT molecular complexity index is 899. The fraction of sp³-hybridized carbons (Fsp3) is 0.391. The minimum absolute atomic E-state index is 0.0997. The van der Waals surface area contributed by atoms with Crippen molar-refractivity contribution in [3.05, 3.63) is 58.6 Å². The fourth-order valence-electron chi connectivity index (χ4n) is 3.65. The fourth-order valence-corrected chi connectivity index (χ4v) is 3.86. The van der Waals surface area contributed by atoms with Crippen molar-refractivity contribution in [3.8, 4) is 11.5 Å². The molecule has 1 fully saturated rings. The van der Waals surface area contributed by atoms with Gasteiger partial charge >= 0.3 is 0 Å². The quantitative estimate of drug-likeness (QED) is 0.619. The smallest absolute Gasteiger partial charge is 0.237 e. The van der Waals surface area contributed by atoms with Crippen LogP contribution >= 0.6 is 11.6 Å². The van der Waals surface area contributed by atoms with Crippen LogP contribution in [-0.2, 0) is 22.6 Å². The standard InChI is InChI=1S/C23H28ClN3O4/c1-30-19-11-17(12-20(13-19)31-2)15-27-9-8-26-23(29)21(27)14-22(28)25-7-6-16-4-3-5-18(24)10-16/h3-5,10-13,21H,6-9,14-15H2,1-2H3,(H,25,28)(H,26,29). The Hall–Kier alpha value is -2.77. The number of nitrogens with one attached hydrogen (secondary N) is 2. The van der Waals surface area contributed by atoms with Gasteiger partial charge in [0.15, 0.2) is 0 Å². The summed E-state index contributed by atoms with van der Waals surface area (Å²) in [4.78, 5) is 27.1. The summed E-state index contributed by atoms with van der Waals surface area (Å²) in [5.41, 5.74) is 2.01. The third-order valence-corrected chi connectivity index (χ3v) is 5.48. The second-order valence-corrected chi connectivity index (χ2v) is 7.87. The molecular weight excluding hydrogens is 418 g/mol. The van der Waals surface area contributed by atoms with E-state index in [0.29, 0.717) is 49.1 Å². The normalized spacial score (nSPS) is 16.5. The number of amides is 2. The molecule has 1 aliphatic rings. The molecule has 2 N–H and O–H groups in total. The maximum Gasteiger partial charge on any atom is 0.237 e. The minimum atomic E-state index is -0.530. The highest BCUT2D eigenvalue weighted by Crippen LogP contribution is 2.24. The molecule has 0 aliphatic carbocycles. The lowest BCUT2D eigenvalue weighted by Crippen LogP contribution is -2.56. The lowest BCUT2D eigenvalue weighted by atomic mass is 10.1. The highest BCUT2D eigenvalue weighted by molar-refractivity contribution is 6.30. The first-order chi connectivity index (χ1) is 15.0. The zero-order valence-corrected chi connectivity index (χ0v) is 18.6. The number of hydrogen-bond donors (Lipinski definition) is 2. The summed E-state index contributed by atoms with van der Waals surface area (Å²) in [6.45, 7) is 2.21. The molecule has 0 bridgehead atoms. The highest BCUT2D eigenvalue weighted by atomic mass is 35.5. The average molecular weight is 446 g/mol. The third kappa shape index (κ3) is 6.60. The Kier molecular flexibility index (Phi) is 8.14. The SMILES string of the molecule is COc1cc(CN2CCNC(=O)C2CC(=O)NCCc2cccc(Cl)c2)cc(OC)c1. The number of ether oxygens (including phenoxy) is 2. The van der Waals surface area contributed by atoms with E-state index in [4.69, 9.17) is 21.1 Å². The molecule has 0 spiro atoms. The van der Waals surface area contributed by atoms with E-state index in [0.717, 1.165) is 11.1 Å². The number of methoxy groups -OCH3 is 2. The topological polar surface area (TPSA) is 79.9 Å². The highest BCUT2D eigenvalue weighted by Gasteiger charge is 2.31. The molecule has 1 saturated heterocycles. The predicted molar refractivity (Wildman–Crippen MR) is 120 cm³/mol. The van der Waals surface area contributed by atoms with Crippen LogP contribution in [-0.4, -0.2) is 56.6 Å². The molecule has 2 aromatic rings. The first-order valence-corrected chi connectivity index (χ1v) is 10.6. The summed E-state index contributed by atoms with van der Waals surface area (Å²) in [6.07, 6.45) is 0.777. The number of nitrogens with zero attached hydrogens (tertiary/aromatic N) is 1. The minimum Gasteiger partial charge on any atom is -0.497 e. The second-order valence-electron chi connectivity index (χ2n) is 7.43. The van der Waals surface area contributed by atoms with Crippen LogP contribution in [0.25, 0.3) is 0 Å². The van der Waals surface area contributed by atoms with E-state index in [1.165, 1.54) is 0 Å². The number of carbonyl (C=O) groups is 2. The van der Waals surface area contributed by atoms with Crippen LogP contribution < -0.4 is 20.1 Å². The summed E-state index contributed by atoms with van der Waals surface area (Å²) >= 11 is 6.00. The molecule has 31 heavy (non-hydrogen) atoms. The van der Waals surface area contributed by atoms with Gasteiger partial charge in [0.05, 0.1) is 26.7 Å². The molecule has 1 unspecified atom stereocenters. The van der Waals surface area contributed by atoms with Gasteiger partial charge in [0, 0.05) is 37.3 Å². The summed E-state index contributed by atoms with van der Waals surface area (Å²) in [6, 6.07) is 12.7. The Balaban J connectivity index is 1.60. The zero-order valence-electron chi connectivity index (χ0n) is 17.8. The Labute approximate surface area is 187 Å². The van der Waals surface area contributed by atoms with E-state index < -0.39 is 6.04 Å². The van der Waals surface area contributed by atoms with Crippen molar-refractivity contribution in [1.82, 2.24) is 15.5 Å². The first-order valence-electron chi connectivity index (χ1n) is 10.2. The van der Waals surface area contributed by atoms with Crippen molar-refractivity contribution >= 4 is 23.4 Å². The maximum absolute atomic E-state index is 12.5. The van der Waals surface area contributed by atoms with Crippen molar-refractivity contribution in [1.29, 1.82) is 0 Å². The van der Waals surface area contributed by atoms with Crippen LogP contribution in [0, 0.1) is 0 Å². The molecule has 0 aromatic heterocycles. The summed E-state index contributed by atoms with van der Waals surface area (Å²) in [5.74, 6) is 1.08. The molecule has 7 nitrogen and oxygen atoms in total. The van der Waals surface area contributed by atoms with E-state index in [-0.39, 0.29) is 18.2 Å². The van der Waals surface area contributed by atoms with Crippen LogP contribution in [0.4, 0.5) is 0 Å². The van der Waals surface area contributed by atoms with Crippen LogP contribution in [0.5, 0.6) is 11.5 Å². The van der Waals surface area contributed by atoms with Gasteiger partial charge in [-0.2, -0.15) is 0 Å². The van der Waals surface area contributed by atoms with Crippen LogP contribution in [0.2, 0.25) is 5.02 Å². The Morgan fingerprint density at radius 1 is 1.16 bits per heavy atom. The Morgan fingerprint density at radius 3 is 2.58 bits per heavy atom. The van der Waals surface area contributed by atoms with Crippen molar-refractivity contribution in [3.63, 3.8) is 0 Å². The maximum atomic E-state index is 12.5. The van der Waals surface area contributed by atoms with E-state index in [9.17, 15) is 9.59 Å². The molecule has 1 aliphatic heterocycles. The number of benzene rings is 2. The molecule has 1 heterocycles. The Morgan fingerprint density at radius 2 is 1.90 bits per heavy atom. The van der Waals surface area contributed by atoms with Gasteiger partial charge < -0.3 is 20.1 Å². The third-order valence-electron chi connectivity index (χ3n) is 5.24. The van der Waals surface area contributed by atoms with Crippen molar-refractivity contribution in [2.24, 2.45) is 0 Å². The van der Waals surface area contributed by atoms with E-state index in [1.807, 2.05) is 41.3 Å². The average Bonchev–Trinajstić information content (AvgIpc) is 2.76. The molecule has 1 atom stereocenters. The van der Waals surface area contributed by atoms with Gasteiger partial charge in [-0.15, -0.1) is 0 Å². The van der Waals surface area contributed by atoms with Crippen molar-refractivity contribution in [2.75, 3.05) is 33.9 Å². The van der Waals surface area contributed by atoms with E-state index in [2.05, 4.69) is 10.6 Å². The summed E-state index contributed by atoms with van der Waals surface area (Å²) in [7, 11) is 3.20. The summed E-state index contributed by atoms with van der Waals surface area (Å²) < 4.78 is 10.7. The van der Waals surface area contributed by atoms with Gasteiger partial charge in [-0.1, -0.05) is 23.7 Å². The molecule has 2 amide bonds. The lowest BCUT2D eigenvalue weighted by Gasteiger charge is -2.34. The lowest BCUT2D eigenvalue weighted by molar-refractivity contribution is -0.134. The zero-order chi connectivity index (χ0) is 22.2. The number of halogens is 1. The number of piperazine rings is 1. The number of carbonyl (C=O) groups excluding carboxylic acids is 2. The van der Waals surface area contributed by atoms with Crippen LogP contribution in [0.1, 0.15) is 17.5 Å². The molecule has 0 radical (unpaired) electrons. The number of hydrogen-bond acceptors (Lipinski definition) is 5. The van der Waals surface area contributed by atoms with Gasteiger partial charge in [-0.05, 0) is 41.8 Å². The van der Waals surface area contributed by atoms with Gasteiger partial charge in [0.1, 0.15) is 11.5 Å². The van der Waals surface area contributed by atoms with Crippen LogP contribution in [0.3, 0.4) is 0 Å². The van der Waals surface area contributed by atoms with E-state index in [1.54, 1.807) is 20.3 Å². The molecular formula is C23H28ClN3O4.